The third-order valence-electron chi connectivity index (χ3n) is 4.45. The van der Waals surface area contributed by atoms with Crippen molar-refractivity contribution >= 4 is 34.6 Å². The molecule has 27 heavy (non-hydrogen) atoms. The van der Waals surface area contributed by atoms with Crippen molar-refractivity contribution in [3.8, 4) is 0 Å². The molecule has 0 saturated heterocycles. The van der Waals surface area contributed by atoms with E-state index in [1.54, 1.807) is 6.08 Å². The second-order valence-corrected chi connectivity index (χ2v) is 6.48. The number of carbonyl (C=O) groups excluding carboxylic acids is 1. The first-order valence-corrected chi connectivity index (χ1v) is 8.20. The van der Waals surface area contributed by atoms with Gasteiger partial charge in [-0.05, 0) is 42.7 Å². The minimum atomic E-state index is -1.42. The first kappa shape index (κ1) is 17.3. The lowest BCUT2D eigenvalue weighted by atomic mass is 10.1. The Bertz CT molecular complexity index is 1090. The molecule has 2 aromatic carbocycles. The van der Waals surface area contributed by atoms with E-state index in [4.69, 9.17) is 0 Å². The van der Waals surface area contributed by atoms with Crippen LogP contribution in [-0.2, 0) is 4.79 Å². The summed E-state index contributed by atoms with van der Waals surface area (Å²) in [5.74, 6) is -3.22. The number of anilines is 1. The lowest BCUT2D eigenvalue weighted by molar-refractivity contribution is -0.125. The van der Waals surface area contributed by atoms with E-state index >= 15 is 0 Å². The third-order valence-corrected chi connectivity index (χ3v) is 4.45. The van der Waals surface area contributed by atoms with Gasteiger partial charge in [0.1, 0.15) is 11.4 Å². The number of rotatable bonds is 4. The summed E-state index contributed by atoms with van der Waals surface area (Å²) in [7, 11) is 0. The summed E-state index contributed by atoms with van der Waals surface area (Å²) in [5, 5.41) is 19.5. The lowest BCUT2D eigenvalue weighted by Crippen LogP contribution is -2.29. The summed E-state index contributed by atoms with van der Waals surface area (Å²) in [6.45, 7) is 0. The lowest BCUT2D eigenvalue weighted by Gasteiger charge is -2.10. The first-order chi connectivity index (χ1) is 12.9. The molecule has 1 fully saturated rings. The fraction of sp³-hybridized carbons (Fsp3) is 0.158. The molecule has 1 aliphatic carbocycles. The van der Waals surface area contributed by atoms with Crippen molar-refractivity contribution < 1.29 is 23.1 Å². The van der Waals surface area contributed by atoms with Crippen molar-refractivity contribution in [3.05, 3.63) is 59.0 Å². The number of amides is 1. The molecule has 1 amide bonds. The van der Waals surface area contributed by atoms with Crippen LogP contribution < -0.4 is 5.32 Å². The molecule has 0 aliphatic heterocycles. The molecule has 5 nitrogen and oxygen atoms in total. The molecule has 0 unspecified atom stereocenters. The van der Waals surface area contributed by atoms with Crippen molar-refractivity contribution in [1.29, 1.82) is 0 Å². The van der Waals surface area contributed by atoms with Gasteiger partial charge in [-0.3, -0.25) is 9.89 Å². The summed E-state index contributed by atoms with van der Waals surface area (Å²) in [6.07, 6.45) is 3.78. The molecule has 1 heterocycles. The number of benzene rings is 2. The molecule has 0 radical (unpaired) electrons. The molecule has 1 aromatic heterocycles. The van der Waals surface area contributed by atoms with Crippen LogP contribution >= 0.6 is 0 Å². The summed E-state index contributed by atoms with van der Waals surface area (Å²) >= 11 is 0. The number of fused-ring (bicyclic) bond motifs is 1. The molecule has 4 rings (SSSR count). The van der Waals surface area contributed by atoms with Gasteiger partial charge in [-0.2, -0.15) is 5.10 Å². The Labute approximate surface area is 151 Å². The molecule has 0 atom stereocenters. The quantitative estimate of drug-likeness (QED) is 0.654. The van der Waals surface area contributed by atoms with E-state index in [-0.39, 0.29) is 5.69 Å². The smallest absolute Gasteiger partial charge is 0.256 e. The van der Waals surface area contributed by atoms with Gasteiger partial charge in [0.15, 0.2) is 11.6 Å². The molecule has 0 spiro atoms. The Morgan fingerprint density at radius 1 is 1.11 bits per heavy atom. The maximum absolute atomic E-state index is 14.2. The summed E-state index contributed by atoms with van der Waals surface area (Å²) < 4.78 is 40.5. The normalized spacial score (nSPS) is 15.4. The highest BCUT2D eigenvalue weighted by atomic mass is 19.2. The molecule has 8 heteroatoms. The molecule has 138 valence electrons. The van der Waals surface area contributed by atoms with Gasteiger partial charge in [-0.25, -0.2) is 13.2 Å². The molecule has 3 aromatic rings. The predicted octanol–water partition coefficient (Wildman–Crippen LogP) is 3.61. The maximum atomic E-state index is 14.2. The average Bonchev–Trinajstić information content (AvgIpc) is 3.28. The van der Waals surface area contributed by atoms with E-state index in [0.717, 1.165) is 12.1 Å². The first-order valence-electron chi connectivity index (χ1n) is 8.20. The van der Waals surface area contributed by atoms with Crippen LogP contribution in [-0.4, -0.2) is 26.8 Å². The molecule has 1 aliphatic rings. The van der Waals surface area contributed by atoms with E-state index in [1.807, 2.05) is 0 Å². The van der Waals surface area contributed by atoms with Gasteiger partial charge in [0, 0.05) is 11.5 Å². The summed E-state index contributed by atoms with van der Waals surface area (Å²) in [4.78, 5) is 11.9. The van der Waals surface area contributed by atoms with Gasteiger partial charge in [0.25, 0.3) is 5.91 Å². The Kier molecular flexibility index (Phi) is 4.00. The highest BCUT2D eigenvalue weighted by Gasteiger charge is 2.48. The fourth-order valence-electron chi connectivity index (χ4n) is 2.66. The fourth-order valence-corrected chi connectivity index (χ4v) is 2.66. The number of aromatic nitrogens is 2. The van der Waals surface area contributed by atoms with Crippen LogP contribution in [0.5, 0.6) is 0 Å². The van der Waals surface area contributed by atoms with Crippen LogP contribution in [0.4, 0.5) is 18.9 Å². The number of hydrogen-bond acceptors (Lipinski definition) is 3. The molecule has 3 N–H and O–H groups in total. The van der Waals surface area contributed by atoms with Crippen LogP contribution in [0, 0.1) is 17.5 Å². The molecule has 1 saturated carbocycles. The number of nitrogens with zero attached hydrogens (tertiary/aromatic N) is 1. The Hall–Kier alpha value is -3.13. The number of aliphatic hydroxyl groups is 1. The number of H-pyrrole nitrogens is 1. The maximum Gasteiger partial charge on any atom is 0.256 e. The van der Waals surface area contributed by atoms with Crippen molar-refractivity contribution in [1.82, 2.24) is 10.2 Å². The van der Waals surface area contributed by atoms with E-state index in [1.165, 1.54) is 24.3 Å². The minimum absolute atomic E-state index is 0.0725. The van der Waals surface area contributed by atoms with Crippen molar-refractivity contribution in [2.75, 3.05) is 5.32 Å². The summed E-state index contributed by atoms with van der Waals surface area (Å²) in [5.41, 5.74) is -0.239. The number of nitrogens with one attached hydrogen (secondary N) is 2. The van der Waals surface area contributed by atoms with Crippen LogP contribution in [0.25, 0.3) is 23.1 Å². The number of carbonyl (C=O) groups is 1. The average molecular weight is 373 g/mol. The second-order valence-electron chi connectivity index (χ2n) is 6.48. The Morgan fingerprint density at radius 2 is 1.89 bits per heavy atom. The highest BCUT2D eigenvalue weighted by Crippen LogP contribution is 2.36. The van der Waals surface area contributed by atoms with E-state index < -0.39 is 29.0 Å². The van der Waals surface area contributed by atoms with Crippen LogP contribution in [0.1, 0.15) is 24.1 Å². The molecular formula is C19H14F3N3O2. The van der Waals surface area contributed by atoms with Gasteiger partial charge in [-0.1, -0.05) is 12.1 Å². The van der Waals surface area contributed by atoms with Gasteiger partial charge in [-0.15, -0.1) is 0 Å². The van der Waals surface area contributed by atoms with Gasteiger partial charge in [0.2, 0.25) is 0 Å². The van der Waals surface area contributed by atoms with E-state index in [2.05, 4.69) is 15.5 Å². The Morgan fingerprint density at radius 3 is 2.59 bits per heavy atom. The van der Waals surface area contributed by atoms with E-state index in [0.29, 0.717) is 35.0 Å². The SMILES string of the molecule is O=C(Nc1cc2c(C=Cc3ccc(F)c(F)c3)n[nH]c2cc1F)C1(O)CC1. The van der Waals surface area contributed by atoms with Gasteiger partial charge >= 0.3 is 0 Å². The zero-order valence-corrected chi connectivity index (χ0v) is 13.9. The standard InChI is InChI=1S/C19H14F3N3O2/c20-12-3-1-10(7-13(12)21)2-4-15-11-8-17(14(22)9-16(11)25-24-15)23-18(26)19(27)5-6-19/h1-4,7-9,27H,5-6H2,(H,23,26)(H,24,25). The van der Waals surface area contributed by atoms with Gasteiger partial charge < -0.3 is 10.4 Å². The topological polar surface area (TPSA) is 78.0 Å². The number of aromatic amines is 1. The summed E-state index contributed by atoms with van der Waals surface area (Å²) in [6, 6.07) is 6.06. The number of halogens is 3. The third kappa shape index (κ3) is 3.31. The van der Waals surface area contributed by atoms with Crippen LogP contribution in [0.15, 0.2) is 30.3 Å². The zero-order valence-electron chi connectivity index (χ0n) is 13.9. The van der Waals surface area contributed by atoms with Crippen LogP contribution in [0.2, 0.25) is 0 Å². The Balaban J connectivity index is 1.65. The number of hydrogen-bond donors (Lipinski definition) is 3. The highest BCUT2D eigenvalue weighted by molar-refractivity contribution is 6.01. The van der Waals surface area contributed by atoms with Gasteiger partial charge in [0.05, 0.1) is 16.9 Å². The van der Waals surface area contributed by atoms with Crippen molar-refractivity contribution in [2.45, 2.75) is 18.4 Å². The van der Waals surface area contributed by atoms with E-state index in [9.17, 15) is 23.1 Å². The monoisotopic (exact) mass is 373 g/mol. The van der Waals surface area contributed by atoms with Crippen molar-refractivity contribution in [2.24, 2.45) is 0 Å². The second kappa shape index (κ2) is 6.24. The molecule has 0 bridgehead atoms. The van der Waals surface area contributed by atoms with Crippen LogP contribution in [0.3, 0.4) is 0 Å². The zero-order chi connectivity index (χ0) is 19.2. The minimum Gasteiger partial charge on any atom is -0.380 e. The molecular weight excluding hydrogens is 359 g/mol. The van der Waals surface area contributed by atoms with Crippen molar-refractivity contribution in [3.63, 3.8) is 0 Å². The predicted molar refractivity (Wildman–Crippen MR) is 94.2 cm³/mol. The largest absolute Gasteiger partial charge is 0.380 e.